The Morgan fingerprint density at radius 1 is 1.29 bits per heavy atom. The summed E-state index contributed by atoms with van der Waals surface area (Å²) in [6.07, 6.45) is 2.43. The van der Waals surface area contributed by atoms with E-state index >= 15 is 0 Å². The van der Waals surface area contributed by atoms with Crippen molar-refractivity contribution in [3.63, 3.8) is 0 Å². The van der Waals surface area contributed by atoms with Crippen LogP contribution in [0.3, 0.4) is 0 Å². The zero-order valence-electron chi connectivity index (χ0n) is 9.63. The van der Waals surface area contributed by atoms with Crippen molar-refractivity contribution in [3.05, 3.63) is 47.8 Å². The lowest BCUT2D eigenvalue weighted by Gasteiger charge is -2.01. The van der Waals surface area contributed by atoms with E-state index in [1.54, 1.807) is 4.68 Å². The third kappa shape index (κ3) is 2.93. The molecule has 4 heteroatoms. The topological polar surface area (TPSA) is 55.1 Å². The molecule has 2 aromatic rings. The second-order valence-corrected chi connectivity index (χ2v) is 3.98. The minimum atomic E-state index is -0.796. The van der Waals surface area contributed by atoms with Gasteiger partial charge in [-0.2, -0.15) is 5.10 Å². The van der Waals surface area contributed by atoms with Crippen LogP contribution in [-0.2, 0) is 11.2 Å². The number of carboxylic acid groups (broad SMARTS) is 1. The molecule has 1 heterocycles. The normalized spacial score (nSPS) is 10.4. The second kappa shape index (κ2) is 4.82. The quantitative estimate of drug-likeness (QED) is 0.876. The smallest absolute Gasteiger partial charge is 0.303 e. The minimum Gasteiger partial charge on any atom is -0.481 e. The monoisotopic (exact) mass is 230 g/mol. The first-order valence-corrected chi connectivity index (χ1v) is 5.48. The van der Waals surface area contributed by atoms with E-state index in [9.17, 15) is 4.79 Å². The van der Waals surface area contributed by atoms with Crippen LogP contribution in [0.5, 0.6) is 0 Å². The molecule has 0 aliphatic rings. The lowest BCUT2D eigenvalue weighted by Crippen LogP contribution is -2.00. The van der Waals surface area contributed by atoms with Gasteiger partial charge in [0.15, 0.2) is 0 Å². The van der Waals surface area contributed by atoms with Crippen LogP contribution in [0.2, 0.25) is 0 Å². The van der Waals surface area contributed by atoms with E-state index in [2.05, 4.69) is 5.10 Å². The molecule has 17 heavy (non-hydrogen) atoms. The summed E-state index contributed by atoms with van der Waals surface area (Å²) in [6, 6.07) is 9.87. The number of aryl methyl sites for hydroxylation is 2. The molecule has 88 valence electrons. The van der Waals surface area contributed by atoms with Crippen molar-refractivity contribution >= 4 is 5.97 Å². The third-order valence-electron chi connectivity index (χ3n) is 2.54. The van der Waals surface area contributed by atoms with Crippen molar-refractivity contribution in [2.45, 2.75) is 19.8 Å². The molecule has 1 aromatic carbocycles. The molecule has 4 nitrogen and oxygen atoms in total. The minimum absolute atomic E-state index is 0.116. The predicted octanol–water partition coefficient (Wildman–Crippen LogP) is 2.20. The summed E-state index contributed by atoms with van der Waals surface area (Å²) in [5.41, 5.74) is 2.98. The van der Waals surface area contributed by atoms with Gasteiger partial charge in [-0.1, -0.05) is 17.7 Å². The summed E-state index contributed by atoms with van der Waals surface area (Å²) >= 11 is 0. The van der Waals surface area contributed by atoms with E-state index in [1.807, 2.05) is 43.5 Å². The molecule has 0 radical (unpaired) electrons. The van der Waals surface area contributed by atoms with E-state index in [-0.39, 0.29) is 6.42 Å². The van der Waals surface area contributed by atoms with Crippen molar-refractivity contribution < 1.29 is 9.90 Å². The van der Waals surface area contributed by atoms with Crippen LogP contribution in [0.4, 0.5) is 0 Å². The van der Waals surface area contributed by atoms with E-state index in [4.69, 9.17) is 5.11 Å². The summed E-state index contributed by atoms with van der Waals surface area (Å²) in [7, 11) is 0. The number of hydrogen-bond acceptors (Lipinski definition) is 2. The Kier molecular flexibility index (Phi) is 3.23. The Balaban J connectivity index is 2.12. The van der Waals surface area contributed by atoms with Crippen molar-refractivity contribution in [3.8, 4) is 5.69 Å². The fraction of sp³-hybridized carbons (Fsp3) is 0.231. The summed E-state index contributed by atoms with van der Waals surface area (Å²) in [6.45, 7) is 2.03. The van der Waals surface area contributed by atoms with Gasteiger partial charge in [0.05, 0.1) is 17.8 Å². The molecule has 0 saturated carbocycles. The molecule has 0 saturated heterocycles. The number of aromatic nitrogens is 2. The number of hydrogen-bond donors (Lipinski definition) is 1. The average molecular weight is 230 g/mol. The van der Waals surface area contributed by atoms with Crippen LogP contribution in [-0.4, -0.2) is 20.9 Å². The maximum Gasteiger partial charge on any atom is 0.303 e. The van der Waals surface area contributed by atoms with E-state index in [1.165, 1.54) is 5.56 Å². The maximum absolute atomic E-state index is 10.5. The number of aliphatic carboxylic acids is 1. The molecular weight excluding hydrogens is 216 g/mol. The first-order valence-electron chi connectivity index (χ1n) is 5.48. The SMILES string of the molecule is Cc1ccc(-n2ccc(CCC(=O)O)n2)cc1. The highest BCUT2D eigenvalue weighted by atomic mass is 16.4. The summed E-state index contributed by atoms with van der Waals surface area (Å²) in [4.78, 5) is 10.5. The summed E-state index contributed by atoms with van der Waals surface area (Å²) < 4.78 is 1.76. The number of nitrogens with zero attached hydrogens (tertiary/aromatic N) is 2. The summed E-state index contributed by atoms with van der Waals surface area (Å²) in [5.74, 6) is -0.796. The van der Waals surface area contributed by atoms with E-state index < -0.39 is 5.97 Å². The molecule has 1 N–H and O–H groups in total. The lowest BCUT2D eigenvalue weighted by atomic mass is 10.2. The number of benzene rings is 1. The third-order valence-corrected chi connectivity index (χ3v) is 2.54. The Morgan fingerprint density at radius 3 is 2.65 bits per heavy atom. The zero-order valence-corrected chi connectivity index (χ0v) is 9.63. The van der Waals surface area contributed by atoms with Gasteiger partial charge in [-0.3, -0.25) is 4.79 Å². The fourth-order valence-electron chi connectivity index (χ4n) is 1.57. The maximum atomic E-state index is 10.5. The Morgan fingerprint density at radius 2 is 2.00 bits per heavy atom. The highest BCUT2D eigenvalue weighted by Crippen LogP contribution is 2.09. The van der Waals surface area contributed by atoms with Crippen LogP contribution in [0.25, 0.3) is 5.69 Å². The molecular formula is C13H14N2O2. The molecule has 0 unspecified atom stereocenters. The fourth-order valence-corrected chi connectivity index (χ4v) is 1.57. The van der Waals surface area contributed by atoms with Crippen LogP contribution in [0.15, 0.2) is 36.5 Å². The van der Waals surface area contributed by atoms with Crippen LogP contribution >= 0.6 is 0 Å². The molecule has 0 bridgehead atoms. The molecule has 0 atom stereocenters. The number of rotatable bonds is 4. The van der Waals surface area contributed by atoms with Gasteiger partial charge in [-0.15, -0.1) is 0 Å². The van der Waals surface area contributed by atoms with Crippen molar-refractivity contribution in [2.24, 2.45) is 0 Å². The Bertz CT molecular complexity index is 514. The molecule has 0 aliphatic carbocycles. The summed E-state index contributed by atoms with van der Waals surface area (Å²) in [5, 5.41) is 12.9. The zero-order chi connectivity index (χ0) is 12.3. The highest BCUT2D eigenvalue weighted by Gasteiger charge is 2.03. The van der Waals surface area contributed by atoms with Crippen molar-refractivity contribution in [2.75, 3.05) is 0 Å². The highest BCUT2D eigenvalue weighted by molar-refractivity contribution is 5.66. The first kappa shape index (κ1) is 11.4. The van der Waals surface area contributed by atoms with Gasteiger partial charge in [0.25, 0.3) is 0 Å². The Labute approximate surface area is 99.5 Å². The number of carboxylic acids is 1. The molecule has 0 amide bonds. The van der Waals surface area contributed by atoms with E-state index in [0.717, 1.165) is 11.4 Å². The predicted molar refractivity (Wildman–Crippen MR) is 64.3 cm³/mol. The van der Waals surface area contributed by atoms with Crippen LogP contribution in [0, 0.1) is 6.92 Å². The van der Waals surface area contributed by atoms with Crippen LogP contribution in [0.1, 0.15) is 17.7 Å². The molecule has 0 fully saturated rings. The molecule has 1 aromatic heterocycles. The van der Waals surface area contributed by atoms with E-state index in [0.29, 0.717) is 6.42 Å². The first-order chi connectivity index (χ1) is 8.15. The van der Waals surface area contributed by atoms with Crippen LogP contribution < -0.4 is 0 Å². The largest absolute Gasteiger partial charge is 0.481 e. The van der Waals surface area contributed by atoms with Gasteiger partial charge in [0.2, 0.25) is 0 Å². The van der Waals surface area contributed by atoms with Gasteiger partial charge < -0.3 is 5.11 Å². The average Bonchev–Trinajstić information content (AvgIpc) is 2.76. The molecule has 0 aliphatic heterocycles. The number of carbonyl (C=O) groups is 1. The van der Waals surface area contributed by atoms with Gasteiger partial charge in [0.1, 0.15) is 0 Å². The lowest BCUT2D eigenvalue weighted by molar-refractivity contribution is -0.136. The molecule has 2 rings (SSSR count). The second-order valence-electron chi connectivity index (χ2n) is 3.98. The van der Waals surface area contributed by atoms with Crippen molar-refractivity contribution in [1.29, 1.82) is 0 Å². The van der Waals surface area contributed by atoms with Gasteiger partial charge in [0, 0.05) is 12.6 Å². The Hall–Kier alpha value is -2.10. The molecule has 0 spiro atoms. The van der Waals surface area contributed by atoms with Gasteiger partial charge in [-0.05, 0) is 25.1 Å². The van der Waals surface area contributed by atoms with Crippen molar-refractivity contribution in [1.82, 2.24) is 9.78 Å². The van der Waals surface area contributed by atoms with Gasteiger partial charge in [-0.25, -0.2) is 4.68 Å². The standard InChI is InChI=1S/C13H14N2O2/c1-10-2-5-12(6-3-10)15-9-8-11(14-15)4-7-13(16)17/h2-3,5-6,8-9H,4,7H2,1H3,(H,16,17). The van der Waals surface area contributed by atoms with Gasteiger partial charge >= 0.3 is 5.97 Å².